The highest BCUT2D eigenvalue weighted by Gasteiger charge is 2.61. The lowest BCUT2D eigenvalue weighted by Crippen LogP contribution is -2.35. The molecule has 0 radical (unpaired) electrons. The van der Waals surface area contributed by atoms with Gasteiger partial charge in [0.1, 0.15) is 11.6 Å². The molecule has 0 bridgehead atoms. The normalized spacial score (nSPS) is 19.8. The number of hydrogen-bond acceptors (Lipinski definition) is 6. The third-order valence-corrected chi connectivity index (χ3v) is 7.35. The van der Waals surface area contributed by atoms with Crippen molar-refractivity contribution >= 4 is 62.4 Å². The Kier molecular flexibility index (Phi) is 7.02. The Balaban J connectivity index is 1.38. The van der Waals surface area contributed by atoms with E-state index < -0.39 is 24.2 Å². The number of aromatic nitrogens is 2. The van der Waals surface area contributed by atoms with Crippen LogP contribution < -0.4 is 10.4 Å². The summed E-state index contributed by atoms with van der Waals surface area (Å²) in [4.78, 5) is 22.3. The van der Waals surface area contributed by atoms with E-state index in [9.17, 15) is 13.6 Å². The molecule has 1 aliphatic carbocycles. The summed E-state index contributed by atoms with van der Waals surface area (Å²) in [5, 5.41) is 14.6. The Labute approximate surface area is 215 Å². The van der Waals surface area contributed by atoms with Crippen LogP contribution in [0.4, 0.5) is 20.2 Å². The highest BCUT2D eigenvalue weighted by atomic mass is 127. The zero-order valence-corrected chi connectivity index (χ0v) is 21.8. The Hall–Kier alpha value is -2.21. The van der Waals surface area contributed by atoms with E-state index in [4.69, 9.17) is 10.1 Å². The second-order valence-corrected chi connectivity index (χ2v) is 10.7. The predicted molar refractivity (Wildman–Crippen MR) is 142 cm³/mol. The summed E-state index contributed by atoms with van der Waals surface area (Å²) in [6.45, 7) is 4.09. The molecule has 1 aromatic heterocycles. The number of ether oxygens (including phenoxy) is 1. The summed E-state index contributed by atoms with van der Waals surface area (Å²) in [5.41, 5.74) is 4.45. The average molecular weight is 612 g/mol. The molecule has 2 aromatic carbocycles. The molecular weight excluding hydrogens is 588 g/mol. The number of anilines is 2. The molecule has 1 aliphatic heterocycles. The summed E-state index contributed by atoms with van der Waals surface area (Å²) in [6, 6.07) is 11.0. The van der Waals surface area contributed by atoms with Gasteiger partial charge in [-0.15, -0.1) is 0 Å². The average Bonchev–Trinajstić information content (AvgIpc) is 3.29. The molecular formula is C23H24F2IN6O2P. The SMILES string of the molecule is N=C(c1nc2ccc(CN3CCOCC3)cc2[nH]1)c1cc(NC(=O)C2CC2(F)F)ccc1NPI. The maximum absolute atomic E-state index is 13.3. The molecule has 2 heterocycles. The molecule has 2 unspecified atom stereocenters. The van der Waals surface area contributed by atoms with Crippen LogP contribution in [0.2, 0.25) is 0 Å². The van der Waals surface area contributed by atoms with E-state index in [1.807, 2.05) is 18.2 Å². The molecule has 5 rings (SSSR count). The maximum atomic E-state index is 13.3. The van der Waals surface area contributed by atoms with Crippen molar-refractivity contribution in [2.45, 2.75) is 18.9 Å². The van der Waals surface area contributed by atoms with Gasteiger partial charge in [0.2, 0.25) is 5.91 Å². The number of rotatable bonds is 8. The fraction of sp³-hybridized carbons (Fsp3) is 0.348. The lowest BCUT2D eigenvalue weighted by Gasteiger charge is -2.26. The topological polar surface area (TPSA) is 106 Å². The number of aromatic amines is 1. The number of morpholine rings is 1. The minimum absolute atomic E-state index is 0.140. The highest BCUT2D eigenvalue weighted by Crippen LogP contribution is 2.49. The van der Waals surface area contributed by atoms with Crippen molar-refractivity contribution in [1.29, 1.82) is 5.41 Å². The Morgan fingerprint density at radius 2 is 2.06 bits per heavy atom. The molecule has 2 fully saturated rings. The molecule has 1 saturated heterocycles. The molecule has 4 N–H and O–H groups in total. The van der Waals surface area contributed by atoms with Crippen LogP contribution in [0.15, 0.2) is 36.4 Å². The number of benzene rings is 2. The predicted octanol–water partition coefficient (Wildman–Crippen LogP) is 4.76. The highest BCUT2D eigenvalue weighted by molar-refractivity contribution is 14.2. The van der Waals surface area contributed by atoms with Gasteiger partial charge in [0.15, 0.2) is 5.82 Å². The van der Waals surface area contributed by atoms with Gasteiger partial charge in [-0.05, 0) is 57.9 Å². The van der Waals surface area contributed by atoms with E-state index in [-0.39, 0.29) is 5.71 Å². The van der Waals surface area contributed by atoms with Crippen molar-refractivity contribution < 1.29 is 18.3 Å². The van der Waals surface area contributed by atoms with Crippen molar-refractivity contribution in [3.63, 3.8) is 0 Å². The number of carbonyl (C=O) groups is 1. The number of imidazole rings is 1. The summed E-state index contributed by atoms with van der Waals surface area (Å²) >= 11 is 2.19. The third-order valence-electron chi connectivity index (χ3n) is 6.17. The number of nitrogens with one attached hydrogen (secondary N) is 4. The van der Waals surface area contributed by atoms with Gasteiger partial charge in [-0.1, -0.05) is 6.07 Å². The largest absolute Gasteiger partial charge is 0.379 e. The molecule has 12 heteroatoms. The van der Waals surface area contributed by atoms with E-state index in [1.54, 1.807) is 18.2 Å². The Morgan fingerprint density at radius 3 is 2.77 bits per heavy atom. The van der Waals surface area contributed by atoms with Crippen LogP contribution in [0, 0.1) is 11.3 Å². The van der Waals surface area contributed by atoms with Crippen molar-refractivity contribution in [1.82, 2.24) is 14.9 Å². The number of alkyl halides is 2. The number of hydrogen-bond donors (Lipinski definition) is 4. The van der Waals surface area contributed by atoms with Crippen LogP contribution in [0.5, 0.6) is 0 Å². The maximum Gasteiger partial charge on any atom is 0.260 e. The first-order valence-electron chi connectivity index (χ1n) is 11.2. The Morgan fingerprint density at radius 1 is 1.29 bits per heavy atom. The molecule has 2 atom stereocenters. The standard InChI is InChI=1S/C23H24F2IN6O2P/c24-23(25)11-16(23)22(33)28-14-2-4-17(31-35-26)15(10-14)20(27)21-29-18-3-1-13(9-19(18)30-21)12-32-5-7-34-8-6-32/h1-4,9-10,16,27,31,35H,5-8,11-12H2,(H,28,33)(H,29,30). The van der Waals surface area contributed by atoms with Crippen molar-refractivity contribution in [2.24, 2.45) is 5.92 Å². The second kappa shape index (κ2) is 10.0. The Bertz CT molecular complexity index is 1280. The zero-order chi connectivity index (χ0) is 24.6. The number of amides is 1. The monoisotopic (exact) mass is 612 g/mol. The van der Waals surface area contributed by atoms with Crippen LogP contribution >= 0.6 is 28.4 Å². The van der Waals surface area contributed by atoms with Gasteiger partial charge in [-0.25, -0.2) is 13.8 Å². The molecule has 0 spiro atoms. The smallest absolute Gasteiger partial charge is 0.260 e. The van der Waals surface area contributed by atoms with E-state index in [0.29, 0.717) is 29.1 Å². The van der Waals surface area contributed by atoms with Gasteiger partial charge in [0.25, 0.3) is 5.92 Å². The van der Waals surface area contributed by atoms with Gasteiger partial charge in [0, 0.05) is 49.4 Å². The van der Waals surface area contributed by atoms with Gasteiger partial charge in [-0.3, -0.25) is 15.1 Å². The van der Waals surface area contributed by atoms with Crippen molar-refractivity contribution in [2.75, 3.05) is 36.7 Å². The summed E-state index contributed by atoms with van der Waals surface area (Å²) < 4.78 is 32.0. The van der Waals surface area contributed by atoms with Gasteiger partial charge in [-0.2, -0.15) is 0 Å². The molecule has 2 aliphatic rings. The van der Waals surface area contributed by atoms with E-state index >= 15 is 0 Å². The lowest BCUT2D eigenvalue weighted by molar-refractivity contribution is -0.119. The van der Waals surface area contributed by atoms with Crippen molar-refractivity contribution in [3.8, 4) is 0 Å². The molecule has 184 valence electrons. The van der Waals surface area contributed by atoms with Gasteiger partial charge < -0.3 is 20.1 Å². The zero-order valence-electron chi connectivity index (χ0n) is 18.6. The van der Waals surface area contributed by atoms with Crippen LogP contribution in [0.3, 0.4) is 0 Å². The second-order valence-electron chi connectivity index (χ2n) is 8.69. The minimum atomic E-state index is -2.93. The number of halogens is 3. The minimum Gasteiger partial charge on any atom is -0.379 e. The van der Waals surface area contributed by atoms with Crippen LogP contribution in [-0.2, 0) is 16.1 Å². The first-order chi connectivity index (χ1) is 16.8. The van der Waals surface area contributed by atoms with Crippen molar-refractivity contribution in [3.05, 3.63) is 53.3 Å². The fourth-order valence-electron chi connectivity index (χ4n) is 4.13. The number of carbonyl (C=O) groups excluding carboxylic acids is 1. The molecule has 1 saturated carbocycles. The molecule has 3 aromatic rings. The number of nitrogens with zero attached hydrogens (tertiary/aromatic N) is 2. The van der Waals surface area contributed by atoms with E-state index in [2.05, 4.69) is 47.3 Å². The molecule has 1 amide bonds. The number of H-pyrrole nitrogens is 1. The fourth-order valence-corrected chi connectivity index (χ4v) is 5.33. The lowest BCUT2D eigenvalue weighted by atomic mass is 10.1. The molecule has 8 nitrogen and oxygen atoms in total. The van der Waals surface area contributed by atoms with E-state index in [0.717, 1.165) is 49.4 Å². The summed E-state index contributed by atoms with van der Waals surface area (Å²) in [5.74, 6) is -4.54. The van der Waals surface area contributed by atoms with Crippen LogP contribution in [0.25, 0.3) is 11.0 Å². The van der Waals surface area contributed by atoms with E-state index in [1.165, 1.54) is 0 Å². The van der Waals surface area contributed by atoms with Gasteiger partial charge in [0.05, 0.1) is 24.2 Å². The molecule has 35 heavy (non-hydrogen) atoms. The summed E-state index contributed by atoms with van der Waals surface area (Å²) in [7, 11) is 0. The first kappa shape index (κ1) is 24.5. The van der Waals surface area contributed by atoms with Crippen LogP contribution in [-0.4, -0.2) is 58.7 Å². The summed E-state index contributed by atoms with van der Waals surface area (Å²) in [6.07, 6.45) is -0.0706. The quantitative estimate of drug-likeness (QED) is 0.167. The van der Waals surface area contributed by atoms with Crippen LogP contribution in [0.1, 0.15) is 23.4 Å². The first-order valence-corrected chi connectivity index (χ1v) is 15.3. The van der Waals surface area contributed by atoms with Gasteiger partial charge >= 0.3 is 0 Å². The third kappa shape index (κ3) is 5.47. The number of fused-ring (bicyclic) bond motifs is 1.